The lowest BCUT2D eigenvalue weighted by Crippen LogP contribution is -2.35. The highest BCUT2D eigenvalue weighted by Gasteiger charge is 2.30. The van der Waals surface area contributed by atoms with Gasteiger partial charge in [0.05, 0.1) is 11.9 Å². The van der Waals surface area contributed by atoms with E-state index in [9.17, 15) is 0 Å². The zero-order valence-electron chi connectivity index (χ0n) is 10.4. The summed E-state index contributed by atoms with van der Waals surface area (Å²) in [5.41, 5.74) is 6.34. The average molecular weight is 251 g/mol. The van der Waals surface area contributed by atoms with Crippen LogP contribution in [0, 0.1) is 0 Å². The predicted molar refractivity (Wildman–Crippen MR) is 76.5 cm³/mol. The average Bonchev–Trinajstić information content (AvgIpc) is 2.39. The normalized spacial score (nSPS) is 18.9. The van der Waals surface area contributed by atoms with E-state index in [0.717, 1.165) is 12.4 Å². The number of aromatic nitrogens is 1. The molecule has 3 N–H and O–H groups in total. The SMILES string of the molecule is CSC1(CNc2ccc(N)cn2)CCCCC1. The summed E-state index contributed by atoms with van der Waals surface area (Å²) < 4.78 is 0.404. The standard InChI is InChI=1S/C13H21N3S/c1-17-13(7-3-2-4-8-13)10-16-12-6-5-11(14)9-15-12/h5-6,9H,2-4,7-8,10,14H2,1H3,(H,15,16). The Labute approximate surface area is 108 Å². The van der Waals surface area contributed by atoms with Gasteiger partial charge < -0.3 is 11.1 Å². The largest absolute Gasteiger partial charge is 0.397 e. The molecule has 1 aliphatic rings. The van der Waals surface area contributed by atoms with Crippen LogP contribution < -0.4 is 11.1 Å². The van der Waals surface area contributed by atoms with Crippen LogP contribution in [0.25, 0.3) is 0 Å². The third-order valence-corrected chi connectivity index (χ3v) is 4.99. The maximum Gasteiger partial charge on any atom is 0.126 e. The zero-order chi connectivity index (χ0) is 12.1. The molecular weight excluding hydrogens is 230 g/mol. The number of nitrogens with two attached hydrogens (primary N) is 1. The summed E-state index contributed by atoms with van der Waals surface area (Å²) >= 11 is 2.00. The van der Waals surface area contributed by atoms with Crippen LogP contribution in [-0.2, 0) is 0 Å². The molecule has 0 unspecified atom stereocenters. The van der Waals surface area contributed by atoms with Gasteiger partial charge in [0.1, 0.15) is 5.82 Å². The van der Waals surface area contributed by atoms with Gasteiger partial charge in [-0.05, 0) is 31.2 Å². The smallest absolute Gasteiger partial charge is 0.126 e. The van der Waals surface area contributed by atoms with Gasteiger partial charge in [-0.15, -0.1) is 0 Å². The Hall–Kier alpha value is -0.900. The van der Waals surface area contributed by atoms with Crippen LogP contribution in [0.15, 0.2) is 18.3 Å². The first-order valence-electron chi connectivity index (χ1n) is 6.25. The van der Waals surface area contributed by atoms with Crippen molar-refractivity contribution in [2.75, 3.05) is 23.9 Å². The van der Waals surface area contributed by atoms with Gasteiger partial charge in [0.15, 0.2) is 0 Å². The van der Waals surface area contributed by atoms with Crippen LogP contribution in [0.2, 0.25) is 0 Å². The fourth-order valence-electron chi connectivity index (χ4n) is 2.41. The fourth-order valence-corrected chi connectivity index (χ4v) is 3.32. The highest BCUT2D eigenvalue weighted by Crippen LogP contribution is 2.38. The van der Waals surface area contributed by atoms with Crippen molar-refractivity contribution in [1.82, 2.24) is 4.98 Å². The van der Waals surface area contributed by atoms with Gasteiger partial charge in [-0.1, -0.05) is 19.3 Å². The summed E-state index contributed by atoms with van der Waals surface area (Å²) in [4.78, 5) is 4.28. The maximum absolute atomic E-state index is 5.62. The Morgan fingerprint density at radius 3 is 2.71 bits per heavy atom. The number of nitrogens with one attached hydrogen (secondary N) is 1. The third-order valence-electron chi connectivity index (χ3n) is 3.58. The van der Waals surface area contributed by atoms with Crippen molar-refractivity contribution in [2.45, 2.75) is 36.9 Å². The first-order valence-corrected chi connectivity index (χ1v) is 7.47. The van der Waals surface area contributed by atoms with Crippen molar-refractivity contribution in [1.29, 1.82) is 0 Å². The third kappa shape index (κ3) is 3.28. The molecule has 1 fully saturated rings. The molecule has 3 nitrogen and oxygen atoms in total. The van der Waals surface area contributed by atoms with E-state index in [1.807, 2.05) is 23.9 Å². The van der Waals surface area contributed by atoms with Gasteiger partial charge in [-0.2, -0.15) is 11.8 Å². The van der Waals surface area contributed by atoms with Gasteiger partial charge in [0, 0.05) is 11.3 Å². The first kappa shape index (κ1) is 12.6. The molecule has 1 aromatic rings. The summed E-state index contributed by atoms with van der Waals surface area (Å²) in [6.45, 7) is 1.01. The molecule has 0 bridgehead atoms. The number of hydrogen-bond donors (Lipinski definition) is 2. The summed E-state index contributed by atoms with van der Waals surface area (Å²) in [6, 6.07) is 3.84. The van der Waals surface area contributed by atoms with Gasteiger partial charge in [-0.3, -0.25) is 0 Å². The summed E-state index contributed by atoms with van der Waals surface area (Å²) in [7, 11) is 0. The second-order valence-electron chi connectivity index (χ2n) is 4.78. The minimum Gasteiger partial charge on any atom is -0.397 e. The molecule has 1 aromatic heterocycles. The molecule has 0 aliphatic heterocycles. The van der Waals surface area contributed by atoms with E-state index in [4.69, 9.17) is 5.73 Å². The van der Waals surface area contributed by atoms with Gasteiger partial charge in [0.2, 0.25) is 0 Å². The molecular formula is C13H21N3S. The Balaban J connectivity index is 1.93. The highest BCUT2D eigenvalue weighted by molar-refractivity contribution is 8.00. The minimum atomic E-state index is 0.404. The molecule has 0 spiro atoms. The van der Waals surface area contributed by atoms with Crippen LogP contribution >= 0.6 is 11.8 Å². The molecule has 94 valence electrons. The van der Waals surface area contributed by atoms with Crippen molar-refractivity contribution in [3.05, 3.63) is 18.3 Å². The summed E-state index contributed by atoms with van der Waals surface area (Å²) in [6.07, 6.45) is 10.7. The number of rotatable bonds is 4. The van der Waals surface area contributed by atoms with E-state index in [-0.39, 0.29) is 0 Å². The van der Waals surface area contributed by atoms with Crippen LogP contribution in [-0.4, -0.2) is 22.5 Å². The molecule has 4 heteroatoms. The molecule has 1 saturated carbocycles. The number of pyridine rings is 1. The van der Waals surface area contributed by atoms with Crippen molar-refractivity contribution >= 4 is 23.3 Å². The van der Waals surface area contributed by atoms with Gasteiger partial charge in [-0.25, -0.2) is 4.98 Å². The van der Waals surface area contributed by atoms with E-state index in [1.165, 1.54) is 32.1 Å². The van der Waals surface area contributed by atoms with Crippen molar-refractivity contribution in [3.8, 4) is 0 Å². The van der Waals surface area contributed by atoms with Crippen LogP contribution in [0.1, 0.15) is 32.1 Å². The van der Waals surface area contributed by atoms with Crippen molar-refractivity contribution in [2.24, 2.45) is 0 Å². The molecule has 0 amide bonds. The van der Waals surface area contributed by atoms with Crippen molar-refractivity contribution in [3.63, 3.8) is 0 Å². The van der Waals surface area contributed by atoms with E-state index >= 15 is 0 Å². The Morgan fingerprint density at radius 1 is 1.35 bits per heavy atom. The molecule has 0 radical (unpaired) electrons. The zero-order valence-corrected chi connectivity index (χ0v) is 11.2. The van der Waals surface area contributed by atoms with E-state index in [0.29, 0.717) is 10.4 Å². The van der Waals surface area contributed by atoms with Gasteiger partial charge >= 0.3 is 0 Å². The fraction of sp³-hybridized carbons (Fsp3) is 0.615. The number of anilines is 2. The number of nitrogen functional groups attached to an aromatic ring is 1. The lowest BCUT2D eigenvalue weighted by molar-refractivity contribution is 0.411. The molecule has 0 aromatic carbocycles. The number of hydrogen-bond acceptors (Lipinski definition) is 4. The number of nitrogens with zero attached hydrogens (tertiary/aromatic N) is 1. The topological polar surface area (TPSA) is 50.9 Å². The second-order valence-corrected chi connectivity index (χ2v) is 6.05. The quantitative estimate of drug-likeness (QED) is 0.863. The Kier molecular flexibility index (Phi) is 4.15. The summed E-state index contributed by atoms with van der Waals surface area (Å²) in [5.74, 6) is 0.929. The lowest BCUT2D eigenvalue weighted by atomic mass is 9.88. The highest BCUT2D eigenvalue weighted by atomic mass is 32.2. The molecule has 17 heavy (non-hydrogen) atoms. The Bertz CT molecular complexity index is 344. The maximum atomic E-state index is 5.62. The Morgan fingerprint density at radius 2 is 2.12 bits per heavy atom. The minimum absolute atomic E-state index is 0.404. The van der Waals surface area contributed by atoms with Crippen LogP contribution in [0.3, 0.4) is 0 Å². The molecule has 0 saturated heterocycles. The lowest BCUT2D eigenvalue weighted by Gasteiger charge is -2.36. The molecule has 1 aliphatic carbocycles. The van der Waals surface area contributed by atoms with Gasteiger partial charge in [0.25, 0.3) is 0 Å². The molecule has 2 rings (SSSR count). The predicted octanol–water partition coefficient (Wildman–Crippen LogP) is 3.14. The van der Waals surface area contributed by atoms with E-state index in [2.05, 4.69) is 16.6 Å². The molecule has 0 atom stereocenters. The van der Waals surface area contributed by atoms with Crippen LogP contribution in [0.5, 0.6) is 0 Å². The second kappa shape index (κ2) is 5.63. The first-order chi connectivity index (χ1) is 8.24. The number of thioether (sulfide) groups is 1. The van der Waals surface area contributed by atoms with E-state index in [1.54, 1.807) is 6.20 Å². The monoisotopic (exact) mass is 251 g/mol. The molecule has 1 heterocycles. The summed E-state index contributed by atoms with van der Waals surface area (Å²) in [5, 5.41) is 3.45. The van der Waals surface area contributed by atoms with E-state index < -0.39 is 0 Å². The van der Waals surface area contributed by atoms with Crippen molar-refractivity contribution < 1.29 is 0 Å². The van der Waals surface area contributed by atoms with Crippen LogP contribution in [0.4, 0.5) is 11.5 Å².